The van der Waals surface area contributed by atoms with Crippen LogP contribution in [0.4, 0.5) is 0 Å². The number of hydrogen-bond donors (Lipinski definition) is 1. The van der Waals surface area contributed by atoms with E-state index in [9.17, 15) is 0 Å². The van der Waals surface area contributed by atoms with Gasteiger partial charge in [-0.2, -0.15) is 0 Å². The minimum absolute atomic E-state index is 0.784. The van der Waals surface area contributed by atoms with E-state index in [1.54, 1.807) is 0 Å². The van der Waals surface area contributed by atoms with Crippen LogP contribution in [0.2, 0.25) is 0 Å². The van der Waals surface area contributed by atoms with E-state index in [0.717, 1.165) is 12.1 Å². The van der Waals surface area contributed by atoms with Gasteiger partial charge in [-0.25, -0.2) is 0 Å². The third-order valence-corrected chi connectivity index (χ3v) is 3.23. The summed E-state index contributed by atoms with van der Waals surface area (Å²) in [7, 11) is 4.32. The molecule has 1 fully saturated rings. The normalized spacial score (nSPS) is 21.7. The molecule has 0 atom stereocenters. The molecule has 1 saturated carbocycles. The van der Waals surface area contributed by atoms with Crippen molar-refractivity contribution < 1.29 is 0 Å². The molecule has 114 valence electrons. The van der Waals surface area contributed by atoms with E-state index in [0.29, 0.717) is 0 Å². The van der Waals surface area contributed by atoms with Crippen LogP contribution >= 0.6 is 0 Å². The Hall–Kier alpha value is -0.0800. The van der Waals surface area contributed by atoms with Crippen LogP contribution < -0.4 is 5.32 Å². The molecule has 1 aliphatic carbocycles. The molecule has 0 unspecified atom stereocenters. The van der Waals surface area contributed by atoms with Crippen LogP contribution in [0.5, 0.6) is 0 Å². The summed E-state index contributed by atoms with van der Waals surface area (Å²) in [6.45, 7) is 15.4. The van der Waals surface area contributed by atoms with E-state index in [2.05, 4.69) is 31.2 Å². The van der Waals surface area contributed by atoms with Gasteiger partial charge in [-0.15, -0.1) is 0 Å². The van der Waals surface area contributed by atoms with Gasteiger partial charge in [0.25, 0.3) is 0 Å². The molecule has 2 heteroatoms. The van der Waals surface area contributed by atoms with Crippen LogP contribution in [-0.2, 0) is 0 Å². The van der Waals surface area contributed by atoms with Gasteiger partial charge in [0.15, 0.2) is 0 Å². The van der Waals surface area contributed by atoms with Gasteiger partial charge in [0.1, 0.15) is 0 Å². The molecule has 1 N–H and O–H groups in total. The van der Waals surface area contributed by atoms with Gasteiger partial charge in [0.2, 0.25) is 0 Å². The Morgan fingerprint density at radius 1 is 0.889 bits per heavy atom. The van der Waals surface area contributed by atoms with Gasteiger partial charge in [-0.3, -0.25) is 0 Å². The smallest absolute Gasteiger partial charge is 0.00932 e. The molecular weight excluding hydrogens is 220 g/mol. The Morgan fingerprint density at radius 3 is 1.56 bits per heavy atom. The average Bonchev–Trinajstić information content (AvgIpc) is 2.52. The molecule has 0 aromatic carbocycles. The van der Waals surface area contributed by atoms with E-state index in [1.165, 1.54) is 32.2 Å². The second-order valence-corrected chi connectivity index (χ2v) is 3.87. The highest BCUT2D eigenvalue weighted by Gasteiger charge is 2.21. The Labute approximate surface area is 118 Å². The number of rotatable bonds is 3. The van der Waals surface area contributed by atoms with Crippen molar-refractivity contribution >= 4 is 0 Å². The molecule has 0 aromatic rings. The molecule has 0 bridgehead atoms. The highest BCUT2D eigenvalue weighted by atomic mass is 15.1. The Balaban J connectivity index is -0.000000328. The van der Waals surface area contributed by atoms with Gasteiger partial charge in [-0.05, 0) is 46.3 Å². The van der Waals surface area contributed by atoms with Crippen LogP contribution in [0.25, 0.3) is 0 Å². The summed E-state index contributed by atoms with van der Waals surface area (Å²) in [5.41, 5.74) is 0. The predicted octanol–water partition coefficient (Wildman–Crippen LogP) is 4.55. The standard InChI is InChI=1S/C10H22N2.3C2H6/c1-4-12(3)10-7-5-9(11-2)6-8-10;3*1-2/h9-11H,4-8H2,1-3H3;3*1-2H3. The zero-order valence-corrected chi connectivity index (χ0v) is 14.6. The Morgan fingerprint density at radius 2 is 1.28 bits per heavy atom. The first kappa shape index (κ1) is 23.0. The second-order valence-electron chi connectivity index (χ2n) is 3.87. The lowest BCUT2D eigenvalue weighted by Crippen LogP contribution is -2.39. The van der Waals surface area contributed by atoms with Crippen molar-refractivity contribution in [3.63, 3.8) is 0 Å². The molecule has 0 aromatic heterocycles. The molecule has 0 saturated heterocycles. The maximum Gasteiger partial charge on any atom is 0.00932 e. The quantitative estimate of drug-likeness (QED) is 0.801. The number of nitrogens with zero attached hydrogens (tertiary/aromatic N) is 1. The van der Waals surface area contributed by atoms with Crippen molar-refractivity contribution in [1.29, 1.82) is 0 Å². The van der Waals surface area contributed by atoms with E-state index in [4.69, 9.17) is 0 Å². The zero-order chi connectivity index (χ0) is 15.0. The van der Waals surface area contributed by atoms with Crippen LogP contribution in [0.1, 0.15) is 74.1 Å². The van der Waals surface area contributed by atoms with E-state index >= 15 is 0 Å². The second kappa shape index (κ2) is 19.3. The highest BCUT2D eigenvalue weighted by molar-refractivity contribution is 4.80. The molecule has 0 heterocycles. The van der Waals surface area contributed by atoms with Gasteiger partial charge in [0.05, 0.1) is 0 Å². The first-order valence-electron chi connectivity index (χ1n) is 8.15. The van der Waals surface area contributed by atoms with Crippen molar-refractivity contribution in [3.05, 3.63) is 0 Å². The molecular formula is C16H40N2. The van der Waals surface area contributed by atoms with E-state index < -0.39 is 0 Å². The average molecular weight is 261 g/mol. The molecule has 1 rings (SSSR count). The first-order chi connectivity index (χ1) is 8.77. The molecule has 2 nitrogen and oxygen atoms in total. The van der Waals surface area contributed by atoms with Crippen LogP contribution in [0.15, 0.2) is 0 Å². The first-order valence-corrected chi connectivity index (χ1v) is 8.15. The maximum atomic E-state index is 3.36. The SMILES string of the molecule is CC.CC.CC.CCN(C)C1CCC(NC)CC1. The lowest BCUT2D eigenvalue weighted by molar-refractivity contribution is 0.184. The van der Waals surface area contributed by atoms with Gasteiger partial charge >= 0.3 is 0 Å². The fraction of sp³-hybridized carbons (Fsp3) is 1.00. The van der Waals surface area contributed by atoms with Gasteiger partial charge < -0.3 is 10.2 Å². The Bertz CT molecular complexity index is 118. The van der Waals surface area contributed by atoms with E-state index in [1.807, 2.05) is 41.5 Å². The third-order valence-electron chi connectivity index (χ3n) is 3.23. The molecule has 0 aliphatic heterocycles. The minimum Gasteiger partial charge on any atom is -0.317 e. The molecule has 18 heavy (non-hydrogen) atoms. The predicted molar refractivity (Wildman–Crippen MR) is 87.5 cm³/mol. The number of nitrogens with one attached hydrogen (secondary N) is 1. The molecule has 0 radical (unpaired) electrons. The van der Waals surface area contributed by atoms with Crippen molar-refractivity contribution in [1.82, 2.24) is 10.2 Å². The van der Waals surface area contributed by atoms with E-state index in [-0.39, 0.29) is 0 Å². The summed E-state index contributed by atoms with van der Waals surface area (Å²) in [5.74, 6) is 0. The highest BCUT2D eigenvalue weighted by Crippen LogP contribution is 2.21. The topological polar surface area (TPSA) is 15.3 Å². The van der Waals surface area contributed by atoms with Crippen molar-refractivity contribution in [3.8, 4) is 0 Å². The van der Waals surface area contributed by atoms with Crippen LogP contribution in [-0.4, -0.2) is 37.6 Å². The molecule has 0 spiro atoms. The van der Waals surface area contributed by atoms with Crippen molar-refractivity contribution in [2.75, 3.05) is 20.6 Å². The van der Waals surface area contributed by atoms with Crippen LogP contribution in [0, 0.1) is 0 Å². The molecule has 0 amide bonds. The van der Waals surface area contributed by atoms with Crippen LogP contribution in [0.3, 0.4) is 0 Å². The minimum atomic E-state index is 0.784. The summed E-state index contributed by atoms with van der Waals surface area (Å²) < 4.78 is 0. The maximum absolute atomic E-state index is 3.36. The van der Waals surface area contributed by atoms with Crippen molar-refractivity contribution in [2.45, 2.75) is 86.2 Å². The zero-order valence-electron chi connectivity index (χ0n) is 14.6. The summed E-state index contributed by atoms with van der Waals surface area (Å²) >= 11 is 0. The largest absolute Gasteiger partial charge is 0.317 e. The fourth-order valence-corrected chi connectivity index (χ4v) is 2.06. The Kier molecular flexibility index (Phi) is 24.7. The molecule has 1 aliphatic rings. The third kappa shape index (κ3) is 11.0. The van der Waals surface area contributed by atoms with Gasteiger partial charge in [-0.1, -0.05) is 48.5 Å². The van der Waals surface area contributed by atoms with Crippen molar-refractivity contribution in [2.24, 2.45) is 0 Å². The summed E-state index contributed by atoms with van der Waals surface area (Å²) in [4.78, 5) is 2.48. The lowest BCUT2D eigenvalue weighted by atomic mass is 9.90. The monoisotopic (exact) mass is 260 g/mol. The summed E-state index contributed by atoms with van der Waals surface area (Å²) in [5, 5.41) is 3.36. The fourth-order valence-electron chi connectivity index (χ4n) is 2.06. The summed E-state index contributed by atoms with van der Waals surface area (Å²) in [6.07, 6.45) is 5.45. The lowest BCUT2D eigenvalue weighted by Gasteiger charge is -2.33. The summed E-state index contributed by atoms with van der Waals surface area (Å²) in [6, 6.07) is 1.63. The number of hydrogen-bond acceptors (Lipinski definition) is 2. The van der Waals surface area contributed by atoms with Gasteiger partial charge in [0, 0.05) is 12.1 Å².